The quantitative estimate of drug-likeness (QED) is 0.177. The maximum atomic E-state index is 11.4. The molecule has 4 heteroatoms. The van der Waals surface area contributed by atoms with Crippen LogP contribution in [-0.2, 0) is 9.59 Å². The van der Waals surface area contributed by atoms with Gasteiger partial charge in [0.05, 0.1) is 0 Å². The molecule has 1 aliphatic rings. The number of rotatable bonds is 18. The van der Waals surface area contributed by atoms with Gasteiger partial charge in [0.25, 0.3) is 11.8 Å². The van der Waals surface area contributed by atoms with Crippen molar-refractivity contribution in [2.45, 2.75) is 103 Å². The predicted octanol–water partition coefficient (Wildman–Crippen LogP) is 6.08. The Morgan fingerprint density at radius 2 is 0.846 bits per heavy atom. The van der Waals surface area contributed by atoms with Crippen molar-refractivity contribution in [1.29, 1.82) is 0 Å². The Morgan fingerprint density at radius 3 is 1.19 bits per heavy atom. The fourth-order valence-electron chi connectivity index (χ4n) is 3.51. The lowest BCUT2D eigenvalue weighted by Gasteiger charge is -2.12. The van der Waals surface area contributed by atoms with Crippen molar-refractivity contribution in [3.8, 4) is 0 Å². The van der Waals surface area contributed by atoms with E-state index >= 15 is 0 Å². The summed E-state index contributed by atoms with van der Waals surface area (Å²) in [5.74, 6) is 0.741. The predicted molar refractivity (Wildman–Crippen MR) is 114 cm³/mol. The maximum absolute atomic E-state index is 11.4. The van der Waals surface area contributed by atoms with E-state index in [2.05, 4.69) is 12.6 Å². The van der Waals surface area contributed by atoms with Crippen LogP contribution >= 0.6 is 12.6 Å². The molecule has 0 radical (unpaired) electrons. The molecule has 0 N–H and O–H groups in total. The van der Waals surface area contributed by atoms with Gasteiger partial charge in [-0.05, 0) is 18.6 Å². The van der Waals surface area contributed by atoms with E-state index in [1.807, 2.05) is 0 Å². The van der Waals surface area contributed by atoms with Crippen molar-refractivity contribution in [3.05, 3.63) is 12.2 Å². The first kappa shape index (κ1) is 23.3. The Hall–Kier alpha value is -0.770. The zero-order valence-electron chi connectivity index (χ0n) is 16.6. The average molecular weight is 382 g/mol. The van der Waals surface area contributed by atoms with Crippen LogP contribution in [0.4, 0.5) is 0 Å². The summed E-state index contributed by atoms with van der Waals surface area (Å²) >= 11 is 4.24. The first-order chi connectivity index (χ1) is 12.8. The Labute approximate surface area is 166 Å². The number of nitrogens with zero attached hydrogens (tertiary/aromatic N) is 1. The first-order valence-electron chi connectivity index (χ1n) is 10.9. The molecule has 1 aliphatic heterocycles. The minimum absolute atomic E-state index is 0.150. The van der Waals surface area contributed by atoms with Crippen molar-refractivity contribution in [1.82, 2.24) is 4.90 Å². The average Bonchev–Trinajstić information content (AvgIpc) is 2.96. The standard InChI is InChI=1S/C22H39NO2S/c24-21-17-18-22(25)23(21)19-15-13-11-9-7-5-3-1-2-4-6-8-10-12-14-16-20-26/h17-18,26H,1-16,19-20H2. The van der Waals surface area contributed by atoms with E-state index in [9.17, 15) is 9.59 Å². The van der Waals surface area contributed by atoms with E-state index in [1.54, 1.807) is 0 Å². The molecule has 150 valence electrons. The molecule has 1 rings (SSSR count). The van der Waals surface area contributed by atoms with Gasteiger partial charge < -0.3 is 0 Å². The molecule has 26 heavy (non-hydrogen) atoms. The van der Waals surface area contributed by atoms with Crippen molar-refractivity contribution >= 4 is 24.4 Å². The molecular formula is C22H39NO2S. The highest BCUT2D eigenvalue weighted by Crippen LogP contribution is 2.14. The molecular weight excluding hydrogens is 342 g/mol. The molecule has 0 bridgehead atoms. The zero-order valence-corrected chi connectivity index (χ0v) is 17.5. The molecule has 0 saturated heterocycles. The van der Waals surface area contributed by atoms with Crippen LogP contribution in [0.25, 0.3) is 0 Å². The lowest BCUT2D eigenvalue weighted by atomic mass is 10.0. The molecule has 0 aromatic rings. The van der Waals surface area contributed by atoms with Gasteiger partial charge >= 0.3 is 0 Å². The first-order valence-corrected chi connectivity index (χ1v) is 11.5. The fraction of sp³-hybridized carbons (Fsp3) is 0.818. The smallest absolute Gasteiger partial charge is 0.253 e. The molecule has 0 aromatic carbocycles. The van der Waals surface area contributed by atoms with Gasteiger partial charge in [0.15, 0.2) is 0 Å². The summed E-state index contributed by atoms with van der Waals surface area (Å²) in [5, 5.41) is 0. The molecule has 3 nitrogen and oxygen atoms in total. The summed E-state index contributed by atoms with van der Waals surface area (Å²) < 4.78 is 0. The van der Waals surface area contributed by atoms with Crippen LogP contribution in [0.2, 0.25) is 0 Å². The second-order valence-corrected chi connectivity index (χ2v) is 7.99. The number of carbonyl (C=O) groups excluding carboxylic acids is 2. The van der Waals surface area contributed by atoms with Crippen LogP contribution in [0, 0.1) is 0 Å². The minimum atomic E-state index is -0.150. The summed E-state index contributed by atoms with van der Waals surface area (Å²) in [6.45, 7) is 0.583. The summed E-state index contributed by atoms with van der Waals surface area (Å²) in [4.78, 5) is 24.2. The van der Waals surface area contributed by atoms with Gasteiger partial charge in [-0.15, -0.1) is 0 Å². The number of unbranched alkanes of at least 4 members (excludes halogenated alkanes) is 15. The number of amides is 2. The van der Waals surface area contributed by atoms with Crippen molar-refractivity contribution in [3.63, 3.8) is 0 Å². The minimum Gasteiger partial charge on any atom is -0.275 e. The van der Waals surface area contributed by atoms with Gasteiger partial charge in [-0.25, -0.2) is 0 Å². The monoisotopic (exact) mass is 381 g/mol. The topological polar surface area (TPSA) is 37.4 Å². The highest BCUT2D eigenvalue weighted by Gasteiger charge is 2.21. The SMILES string of the molecule is O=C1C=CC(=O)N1CCCCCCCCCCCCCCCCCCS. The van der Waals surface area contributed by atoms with Crippen molar-refractivity contribution < 1.29 is 9.59 Å². The normalized spacial score (nSPS) is 14.0. The Balaban J connectivity index is 1.72. The highest BCUT2D eigenvalue weighted by atomic mass is 32.1. The Morgan fingerprint density at radius 1 is 0.538 bits per heavy atom. The molecule has 1 heterocycles. The molecule has 2 amide bonds. The third-order valence-electron chi connectivity index (χ3n) is 5.19. The van der Waals surface area contributed by atoms with Gasteiger partial charge in [-0.3, -0.25) is 14.5 Å². The number of carbonyl (C=O) groups is 2. The highest BCUT2D eigenvalue weighted by molar-refractivity contribution is 7.80. The van der Waals surface area contributed by atoms with Crippen LogP contribution in [-0.4, -0.2) is 29.0 Å². The summed E-state index contributed by atoms with van der Waals surface area (Å²) in [5.41, 5.74) is 0. The van der Waals surface area contributed by atoms with Gasteiger partial charge in [0.2, 0.25) is 0 Å². The van der Waals surface area contributed by atoms with E-state index in [4.69, 9.17) is 0 Å². The van der Waals surface area contributed by atoms with E-state index in [0.29, 0.717) is 6.54 Å². The lowest BCUT2D eigenvalue weighted by molar-refractivity contribution is -0.136. The van der Waals surface area contributed by atoms with E-state index in [1.165, 1.54) is 107 Å². The summed E-state index contributed by atoms with van der Waals surface area (Å²) in [7, 11) is 0. The molecule has 0 atom stereocenters. The molecule has 0 saturated carbocycles. The third-order valence-corrected chi connectivity index (χ3v) is 5.51. The second-order valence-electron chi connectivity index (χ2n) is 7.54. The third kappa shape index (κ3) is 11.8. The van der Waals surface area contributed by atoms with E-state index < -0.39 is 0 Å². The fourth-order valence-corrected chi connectivity index (χ4v) is 3.73. The molecule has 0 spiro atoms. The number of imide groups is 1. The van der Waals surface area contributed by atoms with Crippen molar-refractivity contribution in [2.75, 3.05) is 12.3 Å². The van der Waals surface area contributed by atoms with Crippen LogP contribution in [0.15, 0.2) is 12.2 Å². The van der Waals surface area contributed by atoms with Crippen LogP contribution < -0.4 is 0 Å². The van der Waals surface area contributed by atoms with Crippen molar-refractivity contribution in [2.24, 2.45) is 0 Å². The maximum Gasteiger partial charge on any atom is 0.253 e. The number of hydrogen-bond donors (Lipinski definition) is 1. The number of hydrogen-bond acceptors (Lipinski definition) is 3. The molecule has 0 unspecified atom stereocenters. The van der Waals surface area contributed by atoms with Gasteiger partial charge in [0, 0.05) is 18.7 Å². The molecule has 0 aromatic heterocycles. The van der Waals surface area contributed by atoms with Crippen LogP contribution in [0.3, 0.4) is 0 Å². The molecule has 0 fully saturated rings. The largest absolute Gasteiger partial charge is 0.275 e. The zero-order chi connectivity index (χ0) is 18.9. The van der Waals surface area contributed by atoms with Crippen LogP contribution in [0.5, 0.6) is 0 Å². The van der Waals surface area contributed by atoms with Gasteiger partial charge in [0.1, 0.15) is 0 Å². The van der Waals surface area contributed by atoms with E-state index in [-0.39, 0.29) is 11.8 Å². The summed E-state index contributed by atoms with van der Waals surface area (Å²) in [6, 6.07) is 0. The second kappa shape index (κ2) is 16.4. The lowest BCUT2D eigenvalue weighted by Crippen LogP contribution is -2.30. The molecule has 0 aliphatic carbocycles. The van der Waals surface area contributed by atoms with Crippen LogP contribution in [0.1, 0.15) is 103 Å². The van der Waals surface area contributed by atoms with Gasteiger partial charge in [-0.2, -0.15) is 12.6 Å². The Kier molecular flexibility index (Phi) is 14.7. The Bertz CT molecular complexity index is 391. The van der Waals surface area contributed by atoms with Gasteiger partial charge in [-0.1, -0.05) is 89.9 Å². The van der Waals surface area contributed by atoms with E-state index in [0.717, 1.165) is 18.6 Å². The summed E-state index contributed by atoms with van der Waals surface area (Å²) in [6.07, 6.45) is 23.8. The number of thiol groups is 1.